The summed E-state index contributed by atoms with van der Waals surface area (Å²) in [5, 5.41) is 3.52. The van der Waals surface area contributed by atoms with Crippen LogP contribution in [0, 0.1) is 13.8 Å². The number of nitrogens with one attached hydrogen (secondary N) is 1. The third kappa shape index (κ3) is 2.71. The number of amides is 1. The molecule has 0 aliphatic rings. The molecule has 0 atom stereocenters. The molecule has 1 amide bonds. The molecule has 0 spiro atoms. The van der Waals surface area contributed by atoms with Crippen molar-refractivity contribution in [3.05, 3.63) is 64.2 Å². The zero-order valence-corrected chi connectivity index (χ0v) is 11.1. The molecular formula is C15H14ClNO. The second kappa shape index (κ2) is 5.23. The molecule has 0 radical (unpaired) electrons. The molecule has 0 bridgehead atoms. The van der Waals surface area contributed by atoms with Crippen molar-refractivity contribution in [3.8, 4) is 0 Å². The van der Waals surface area contributed by atoms with Crippen molar-refractivity contribution >= 4 is 23.2 Å². The third-order valence-corrected chi connectivity index (χ3v) is 3.21. The Labute approximate surface area is 112 Å². The second-order valence-electron chi connectivity index (χ2n) is 4.24. The fourth-order valence-corrected chi connectivity index (χ4v) is 1.90. The lowest BCUT2D eigenvalue weighted by Crippen LogP contribution is -2.12. The molecule has 0 saturated heterocycles. The summed E-state index contributed by atoms with van der Waals surface area (Å²) in [5.41, 5.74) is 3.33. The molecule has 18 heavy (non-hydrogen) atoms. The van der Waals surface area contributed by atoms with Crippen LogP contribution < -0.4 is 5.32 Å². The summed E-state index contributed by atoms with van der Waals surface area (Å²) >= 11 is 6.02. The van der Waals surface area contributed by atoms with Crippen LogP contribution in [0.25, 0.3) is 0 Å². The molecule has 0 fully saturated rings. The normalized spacial score (nSPS) is 10.2. The number of hydrogen-bond acceptors (Lipinski definition) is 1. The van der Waals surface area contributed by atoms with E-state index in [2.05, 4.69) is 5.32 Å². The molecule has 0 unspecified atom stereocenters. The molecule has 0 saturated carbocycles. The van der Waals surface area contributed by atoms with E-state index in [1.54, 1.807) is 12.1 Å². The van der Waals surface area contributed by atoms with Gasteiger partial charge in [0.15, 0.2) is 0 Å². The maximum Gasteiger partial charge on any atom is 0.255 e. The van der Waals surface area contributed by atoms with Crippen molar-refractivity contribution in [2.75, 3.05) is 5.32 Å². The summed E-state index contributed by atoms with van der Waals surface area (Å²) in [6.45, 7) is 3.84. The number of anilines is 1. The number of carbonyl (C=O) groups is 1. The highest BCUT2D eigenvalue weighted by molar-refractivity contribution is 6.31. The lowest BCUT2D eigenvalue weighted by Gasteiger charge is -2.09. The summed E-state index contributed by atoms with van der Waals surface area (Å²) in [6.07, 6.45) is 0. The standard InChI is InChI=1S/C15H14ClNO/c1-10-5-3-6-12(9-10)15(18)17-14-8-4-7-13(16)11(14)2/h3-9H,1-2H3,(H,17,18). The number of hydrogen-bond donors (Lipinski definition) is 1. The number of halogens is 1. The predicted octanol–water partition coefficient (Wildman–Crippen LogP) is 4.21. The fraction of sp³-hybridized carbons (Fsp3) is 0.133. The van der Waals surface area contributed by atoms with Crippen molar-refractivity contribution in [2.24, 2.45) is 0 Å². The molecule has 0 aliphatic carbocycles. The second-order valence-corrected chi connectivity index (χ2v) is 4.64. The molecule has 0 heterocycles. The Morgan fingerprint density at radius 3 is 2.56 bits per heavy atom. The maximum absolute atomic E-state index is 12.1. The summed E-state index contributed by atoms with van der Waals surface area (Å²) in [6, 6.07) is 12.9. The van der Waals surface area contributed by atoms with Crippen LogP contribution in [0.4, 0.5) is 5.69 Å². The highest BCUT2D eigenvalue weighted by atomic mass is 35.5. The van der Waals surface area contributed by atoms with Gasteiger partial charge in [-0.3, -0.25) is 4.79 Å². The van der Waals surface area contributed by atoms with Gasteiger partial charge in [0.1, 0.15) is 0 Å². The van der Waals surface area contributed by atoms with Gasteiger partial charge in [-0.25, -0.2) is 0 Å². The van der Waals surface area contributed by atoms with Gasteiger partial charge in [0.25, 0.3) is 5.91 Å². The lowest BCUT2D eigenvalue weighted by molar-refractivity contribution is 0.102. The van der Waals surface area contributed by atoms with Crippen molar-refractivity contribution in [1.82, 2.24) is 0 Å². The summed E-state index contributed by atoms with van der Waals surface area (Å²) in [4.78, 5) is 12.1. The number of benzene rings is 2. The van der Waals surface area contributed by atoms with Gasteiger partial charge < -0.3 is 5.32 Å². The van der Waals surface area contributed by atoms with E-state index >= 15 is 0 Å². The lowest BCUT2D eigenvalue weighted by atomic mass is 10.1. The number of rotatable bonds is 2. The van der Waals surface area contributed by atoms with Gasteiger partial charge in [-0.1, -0.05) is 35.4 Å². The average Bonchev–Trinajstić information content (AvgIpc) is 2.35. The largest absolute Gasteiger partial charge is 0.322 e. The highest BCUT2D eigenvalue weighted by Crippen LogP contribution is 2.23. The van der Waals surface area contributed by atoms with Crippen molar-refractivity contribution in [1.29, 1.82) is 0 Å². The zero-order chi connectivity index (χ0) is 13.1. The van der Waals surface area contributed by atoms with Gasteiger partial charge in [0, 0.05) is 16.3 Å². The van der Waals surface area contributed by atoms with Crippen LogP contribution in [0.3, 0.4) is 0 Å². The van der Waals surface area contributed by atoms with Gasteiger partial charge in [-0.2, -0.15) is 0 Å². The monoisotopic (exact) mass is 259 g/mol. The maximum atomic E-state index is 12.1. The molecule has 2 rings (SSSR count). The Kier molecular flexibility index (Phi) is 3.68. The van der Waals surface area contributed by atoms with E-state index < -0.39 is 0 Å². The molecule has 92 valence electrons. The van der Waals surface area contributed by atoms with Gasteiger partial charge >= 0.3 is 0 Å². The van der Waals surface area contributed by atoms with E-state index in [0.717, 1.165) is 16.8 Å². The quantitative estimate of drug-likeness (QED) is 0.860. The topological polar surface area (TPSA) is 29.1 Å². The molecular weight excluding hydrogens is 246 g/mol. The van der Waals surface area contributed by atoms with Gasteiger partial charge in [-0.05, 0) is 43.7 Å². The van der Waals surface area contributed by atoms with Crippen LogP contribution in [-0.2, 0) is 0 Å². The number of carbonyl (C=O) groups excluding carboxylic acids is 1. The first-order valence-corrected chi connectivity index (χ1v) is 6.09. The van der Waals surface area contributed by atoms with E-state index in [9.17, 15) is 4.79 Å². The molecule has 2 aromatic rings. The van der Waals surface area contributed by atoms with Gasteiger partial charge in [0.05, 0.1) is 0 Å². The van der Waals surface area contributed by atoms with Crippen molar-refractivity contribution < 1.29 is 4.79 Å². The molecule has 3 heteroatoms. The zero-order valence-electron chi connectivity index (χ0n) is 10.3. The SMILES string of the molecule is Cc1cccc(C(=O)Nc2cccc(Cl)c2C)c1. The first-order chi connectivity index (χ1) is 8.58. The summed E-state index contributed by atoms with van der Waals surface area (Å²) < 4.78 is 0. The van der Waals surface area contributed by atoms with Crippen LogP contribution in [0.1, 0.15) is 21.5 Å². The van der Waals surface area contributed by atoms with E-state index in [1.165, 1.54) is 0 Å². The molecule has 0 aromatic heterocycles. The Hall–Kier alpha value is -1.80. The third-order valence-electron chi connectivity index (χ3n) is 2.80. The minimum atomic E-state index is -0.121. The van der Waals surface area contributed by atoms with Crippen molar-refractivity contribution in [2.45, 2.75) is 13.8 Å². The van der Waals surface area contributed by atoms with Crippen LogP contribution in [0.15, 0.2) is 42.5 Å². The van der Waals surface area contributed by atoms with Crippen LogP contribution in [0.5, 0.6) is 0 Å². The average molecular weight is 260 g/mol. The van der Waals surface area contributed by atoms with Gasteiger partial charge in [-0.15, -0.1) is 0 Å². The number of aryl methyl sites for hydroxylation is 1. The molecule has 2 nitrogen and oxygen atoms in total. The van der Waals surface area contributed by atoms with E-state index in [-0.39, 0.29) is 5.91 Å². The highest BCUT2D eigenvalue weighted by Gasteiger charge is 2.08. The van der Waals surface area contributed by atoms with E-state index in [1.807, 2.05) is 44.2 Å². The molecule has 0 aliphatic heterocycles. The molecule has 2 aromatic carbocycles. The van der Waals surface area contributed by atoms with Crippen molar-refractivity contribution in [3.63, 3.8) is 0 Å². The van der Waals surface area contributed by atoms with Gasteiger partial charge in [0.2, 0.25) is 0 Å². The smallest absolute Gasteiger partial charge is 0.255 e. The minimum Gasteiger partial charge on any atom is -0.322 e. The fourth-order valence-electron chi connectivity index (χ4n) is 1.72. The molecule has 1 N–H and O–H groups in total. The first-order valence-electron chi connectivity index (χ1n) is 5.71. The van der Waals surface area contributed by atoms with E-state index in [0.29, 0.717) is 10.6 Å². The Morgan fingerprint density at radius 1 is 1.11 bits per heavy atom. The minimum absolute atomic E-state index is 0.121. The van der Waals surface area contributed by atoms with Crippen LogP contribution >= 0.6 is 11.6 Å². The Bertz CT molecular complexity index is 593. The van der Waals surface area contributed by atoms with Crippen LogP contribution in [0.2, 0.25) is 5.02 Å². The van der Waals surface area contributed by atoms with Crippen LogP contribution in [-0.4, -0.2) is 5.91 Å². The van der Waals surface area contributed by atoms with E-state index in [4.69, 9.17) is 11.6 Å². The summed E-state index contributed by atoms with van der Waals surface area (Å²) in [7, 11) is 0. The summed E-state index contributed by atoms with van der Waals surface area (Å²) in [5.74, 6) is -0.121. The first kappa shape index (κ1) is 12.7. The Morgan fingerprint density at radius 2 is 1.83 bits per heavy atom. The Balaban J connectivity index is 2.24. The predicted molar refractivity (Wildman–Crippen MR) is 75.3 cm³/mol.